The van der Waals surface area contributed by atoms with Crippen molar-refractivity contribution in [3.63, 3.8) is 0 Å². The summed E-state index contributed by atoms with van der Waals surface area (Å²) in [5, 5.41) is 6.62. The van der Waals surface area contributed by atoms with Gasteiger partial charge in [-0.15, -0.1) is 0 Å². The van der Waals surface area contributed by atoms with Crippen LogP contribution in [0.25, 0.3) is 0 Å². The van der Waals surface area contributed by atoms with Crippen LogP contribution in [0.15, 0.2) is 4.99 Å². The summed E-state index contributed by atoms with van der Waals surface area (Å²) in [4.78, 5) is 4.22. The SMILES string of the molecule is CN=C(NCCCOC1CCOCC1)NCC1CCCO1. The number of guanidine groups is 1. The first-order valence-corrected chi connectivity index (χ1v) is 8.14. The van der Waals surface area contributed by atoms with Gasteiger partial charge in [0.25, 0.3) is 0 Å². The zero-order chi connectivity index (χ0) is 14.8. The molecule has 2 aliphatic heterocycles. The van der Waals surface area contributed by atoms with Crippen LogP contribution in [0.5, 0.6) is 0 Å². The van der Waals surface area contributed by atoms with Gasteiger partial charge in [-0.1, -0.05) is 0 Å². The van der Waals surface area contributed by atoms with Crippen molar-refractivity contribution < 1.29 is 14.2 Å². The van der Waals surface area contributed by atoms with Crippen molar-refractivity contribution in [1.29, 1.82) is 0 Å². The number of aliphatic imine (C=N–C) groups is 1. The first-order valence-electron chi connectivity index (χ1n) is 8.14. The van der Waals surface area contributed by atoms with Crippen LogP contribution in [0.3, 0.4) is 0 Å². The molecule has 0 amide bonds. The summed E-state index contributed by atoms with van der Waals surface area (Å²) >= 11 is 0. The second-order valence-electron chi connectivity index (χ2n) is 5.55. The van der Waals surface area contributed by atoms with Gasteiger partial charge in [0.05, 0.1) is 12.2 Å². The average Bonchev–Trinajstić information content (AvgIpc) is 3.04. The van der Waals surface area contributed by atoms with Crippen molar-refractivity contribution in [3.8, 4) is 0 Å². The summed E-state index contributed by atoms with van der Waals surface area (Å²) in [5.41, 5.74) is 0. The molecule has 1 atom stereocenters. The van der Waals surface area contributed by atoms with E-state index in [0.717, 1.165) is 71.2 Å². The van der Waals surface area contributed by atoms with Gasteiger partial charge in [-0.05, 0) is 32.1 Å². The van der Waals surface area contributed by atoms with E-state index in [-0.39, 0.29) is 0 Å². The van der Waals surface area contributed by atoms with Crippen LogP contribution < -0.4 is 10.6 Å². The van der Waals surface area contributed by atoms with Crippen molar-refractivity contribution >= 4 is 5.96 Å². The van der Waals surface area contributed by atoms with Crippen molar-refractivity contribution in [2.45, 2.75) is 44.3 Å². The highest BCUT2D eigenvalue weighted by molar-refractivity contribution is 5.79. The standard InChI is InChI=1S/C15H29N3O3/c1-16-15(18-12-14-4-2-8-21-14)17-7-3-9-20-13-5-10-19-11-6-13/h13-14H,2-12H2,1H3,(H2,16,17,18). The summed E-state index contributed by atoms with van der Waals surface area (Å²) in [6.07, 6.45) is 6.06. The van der Waals surface area contributed by atoms with E-state index >= 15 is 0 Å². The lowest BCUT2D eigenvalue weighted by Gasteiger charge is -2.22. The van der Waals surface area contributed by atoms with E-state index in [1.165, 1.54) is 6.42 Å². The number of hydrogen-bond donors (Lipinski definition) is 2. The van der Waals surface area contributed by atoms with Gasteiger partial charge in [-0.25, -0.2) is 0 Å². The molecule has 2 fully saturated rings. The lowest BCUT2D eigenvalue weighted by atomic mass is 10.1. The van der Waals surface area contributed by atoms with E-state index in [9.17, 15) is 0 Å². The summed E-state index contributed by atoms with van der Waals surface area (Å²) in [6.45, 7) is 5.06. The number of nitrogens with zero attached hydrogens (tertiary/aromatic N) is 1. The maximum Gasteiger partial charge on any atom is 0.191 e. The fraction of sp³-hybridized carbons (Fsp3) is 0.933. The summed E-state index contributed by atoms with van der Waals surface area (Å²) < 4.78 is 16.7. The first kappa shape index (κ1) is 16.5. The van der Waals surface area contributed by atoms with Gasteiger partial charge in [0, 0.05) is 46.6 Å². The van der Waals surface area contributed by atoms with Crippen LogP contribution in [0.4, 0.5) is 0 Å². The molecule has 2 aliphatic rings. The molecule has 0 radical (unpaired) electrons. The van der Waals surface area contributed by atoms with Crippen LogP contribution in [-0.2, 0) is 14.2 Å². The third-order valence-corrected chi connectivity index (χ3v) is 3.88. The molecule has 21 heavy (non-hydrogen) atoms. The Morgan fingerprint density at radius 3 is 2.76 bits per heavy atom. The Kier molecular flexibility index (Phi) is 7.85. The minimum absolute atomic E-state index is 0.334. The quantitative estimate of drug-likeness (QED) is 0.416. The summed E-state index contributed by atoms with van der Waals surface area (Å²) in [5.74, 6) is 0.844. The first-order chi connectivity index (χ1) is 10.4. The van der Waals surface area contributed by atoms with E-state index in [0.29, 0.717) is 12.2 Å². The number of hydrogen-bond acceptors (Lipinski definition) is 4. The van der Waals surface area contributed by atoms with Crippen LogP contribution in [0.1, 0.15) is 32.1 Å². The number of rotatable bonds is 7. The van der Waals surface area contributed by atoms with Gasteiger partial charge < -0.3 is 24.8 Å². The predicted octanol–water partition coefficient (Wildman–Crippen LogP) is 0.916. The topological polar surface area (TPSA) is 64.1 Å². The van der Waals surface area contributed by atoms with E-state index in [4.69, 9.17) is 14.2 Å². The number of nitrogens with one attached hydrogen (secondary N) is 2. The molecule has 2 N–H and O–H groups in total. The molecular weight excluding hydrogens is 270 g/mol. The highest BCUT2D eigenvalue weighted by Gasteiger charge is 2.15. The van der Waals surface area contributed by atoms with Crippen molar-refractivity contribution in [3.05, 3.63) is 0 Å². The molecule has 2 saturated heterocycles. The Hall–Kier alpha value is -0.850. The molecule has 6 nitrogen and oxygen atoms in total. The van der Waals surface area contributed by atoms with E-state index in [2.05, 4.69) is 15.6 Å². The minimum atomic E-state index is 0.334. The molecule has 0 saturated carbocycles. The Morgan fingerprint density at radius 1 is 1.19 bits per heavy atom. The zero-order valence-electron chi connectivity index (χ0n) is 13.1. The molecule has 0 aromatic heterocycles. The Morgan fingerprint density at radius 2 is 2.05 bits per heavy atom. The van der Waals surface area contributed by atoms with Gasteiger partial charge in [-0.3, -0.25) is 4.99 Å². The van der Waals surface area contributed by atoms with Gasteiger partial charge in [0.1, 0.15) is 0 Å². The molecule has 2 heterocycles. The van der Waals surface area contributed by atoms with Crippen molar-refractivity contribution in [2.24, 2.45) is 4.99 Å². The van der Waals surface area contributed by atoms with Gasteiger partial charge in [-0.2, -0.15) is 0 Å². The Bertz CT molecular complexity index is 301. The average molecular weight is 299 g/mol. The fourth-order valence-electron chi connectivity index (χ4n) is 2.61. The Labute approximate surface area is 127 Å². The molecular formula is C15H29N3O3. The molecule has 122 valence electrons. The van der Waals surface area contributed by atoms with E-state index in [1.54, 1.807) is 7.05 Å². The van der Waals surface area contributed by atoms with Crippen LogP contribution in [0.2, 0.25) is 0 Å². The van der Waals surface area contributed by atoms with Gasteiger partial charge >= 0.3 is 0 Å². The molecule has 0 aliphatic carbocycles. The van der Waals surface area contributed by atoms with Crippen molar-refractivity contribution in [1.82, 2.24) is 10.6 Å². The molecule has 0 aromatic carbocycles. The predicted molar refractivity (Wildman–Crippen MR) is 82.7 cm³/mol. The fourth-order valence-corrected chi connectivity index (χ4v) is 2.61. The molecule has 0 aromatic rings. The van der Waals surface area contributed by atoms with E-state index < -0.39 is 0 Å². The third kappa shape index (κ3) is 6.63. The zero-order valence-corrected chi connectivity index (χ0v) is 13.1. The molecule has 0 spiro atoms. The smallest absolute Gasteiger partial charge is 0.191 e. The lowest BCUT2D eigenvalue weighted by Crippen LogP contribution is -2.41. The normalized spacial score (nSPS) is 24.2. The second kappa shape index (κ2) is 9.97. The van der Waals surface area contributed by atoms with Crippen LogP contribution >= 0.6 is 0 Å². The van der Waals surface area contributed by atoms with Crippen LogP contribution in [-0.4, -0.2) is 64.7 Å². The monoisotopic (exact) mass is 299 g/mol. The highest BCUT2D eigenvalue weighted by Crippen LogP contribution is 2.11. The van der Waals surface area contributed by atoms with Crippen molar-refractivity contribution in [2.75, 3.05) is 46.6 Å². The maximum atomic E-state index is 5.84. The minimum Gasteiger partial charge on any atom is -0.381 e. The van der Waals surface area contributed by atoms with Crippen LogP contribution in [0, 0.1) is 0 Å². The summed E-state index contributed by atoms with van der Waals surface area (Å²) in [6, 6.07) is 0. The molecule has 0 bridgehead atoms. The third-order valence-electron chi connectivity index (χ3n) is 3.88. The Balaban J connectivity index is 1.47. The van der Waals surface area contributed by atoms with Gasteiger partial charge in [0.15, 0.2) is 5.96 Å². The summed E-state index contributed by atoms with van der Waals surface area (Å²) in [7, 11) is 1.80. The highest BCUT2D eigenvalue weighted by atomic mass is 16.5. The maximum absolute atomic E-state index is 5.84. The molecule has 2 rings (SSSR count). The lowest BCUT2D eigenvalue weighted by molar-refractivity contribution is -0.0320. The van der Waals surface area contributed by atoms with Gasteiger partial charge in [0.2, 0.25) is 0 Å². The largest absolute Gasteiger partial charge is 0.381 e. The molecule has 6 heteroatoms. The second-order valence-corrected chi connectivity index (χ2v) is 5.55. The number of ether oxygens (including phenoxy) is 3. The molecule has 1 unspecified atom stereocenters. The van der Waals surface area contributed by atoms with E-state index in [1.807, 2.05) is 0 Å².